The van der Waals surface area contributed by atoms with Crippen LogP contribution < -0.4 is 14.8 Å². The van der Waals surface area contributed by atoms with E-state index in [0.717, 1.165) is 0 Å². The van der Waals surface area contributed by atoms with Crippen molar-refractivity contribution in [1.82, 2.24) is 4.90 Å². The summed E-state index contributed by atoms with van der Waals surface area (Å²) < 4.78 is 34.2. The molecular weight excluding hydrogens is 332 g/mol. The second kappa shape index (κ2) is 6.98. The van der Waals surface area contributed by atoms with Gasteiger partial charge in [0.1, 0.15) is 13.2 Å². The van der Waals surface area contributed by atoms with Crippen LogP contribution in [0.4, 0.5) is 5.69 Å². The number of carbonyl (C=O) groups is 1. The molecule has 2 aliphatic heterocycles. The standard InChI is InChI=1S/C16H22N2O5S/c1-2-18(13-5-8-24(20,21)11-13)10-16(19)17-12-3-4-14-15(9-12)23-7-6-22-14/h3-4,9,13H,2,5-8,10-11H2,1H3,(H,17,19). The molecule has 1 atom stereocenters. The number of hydrogen-bond acceptors (Lipinski definition) is 6. The fraction of sp³-hybridized carbons (Fsp3) is 0.562. The molecule has 1 unspecified atom stereocenters. The summed E-state index contributed by atoms with van der Waals surface area (Å²) in [5.74, 6) is 1.47. The summed E-state index contributed by atoms with van der Waals surface area (Å²) in [5, 5.41) is 2.84. The van der Waals surface area contributed by atoms with E-state index in [-0.39, 0.29) is 30.0 Å². The van der Waals surface area contributed by atoms with Crippen molar-refractivity contribution in [2.45, 2.75) is 19.4 Å². The number of anilines is 1. The second-order valence-electron chi connectivity index (χ2n) is 6.03. The van der Waals surface area contributed by atoms with E-state index in [1.807, 2.05) is 11.8 Å². The average molecular weight is 354 g/mol. The molecular formula is C16H22N2O5S. The van der Waals surface area contributed by atoms with Gasteiger partial charge in [-0.05, 0) is 25.1 Å². The van der Waals surface area contributed by atoms with Gasteiger partial charge in [-0.25, -0.2) is 8.42 Å². The minimum Gasteiger partial charge on any atom is -0.486 e. The Balaban J connectivity index is 1.60. The summed E-state index contributed by atoms with van der Waals surface area (Å²) in [6.07, 6.45) is 0.591. The summed E-state index contributed by atoms with van der Waals surface area (Å²) in [6.45, 7) is 3.75. The molecule has 0 spiro atoms. The number of hydrogen-bond donors (Lipinski definition) is 1. The number of ether oxygens (including phenoxy) is 2. The van der Waals surface area contributed by atoms with Crippen molar-refractivity contribution in [3.63, 3.8) is 0 Å². The summed E-state index contributed by atoms with van der Waals surface area (Å²) >= 11 is 0. The Hall–Kier alpha value is -1.80. The zero-order chi connectivity index (χ0) is 17.2. The highest BCUT2D eigenvalue weighted by atomic mass is 32.2. The Kier molecular flexibility index (Phi) is 4.96. The van der Waals surface area contributed by atoms with Gasteiger partial charge in [-0.15, -0.1) is 0 Å². The minimum absolute atomic E-state index is 0.0778. The lowest BCUT2D eigenvalue weighted by Crippen LogP contribution is -2.41. The largest absolute Gasteiger partial charge is 0.486 e. The summed E-state index contributed by atoms with van der Waals surface area (Å²) in [5.41, 5.74) is 0.638. The van der Waals surface area contributed by atoms with Gasteiger partial charge in [0.05, 0.1) is 18.1 Å². The smallest absolute Gasteiger partial charge is 0.238 e. The van der Waals surface area contributed by atoms with E-state index in [2.05, 4.69) is 5.32 Å². The Labute approximate surface area is 141 Å². The molecule has 3 rings (SSSR count). The molecule has 1 aromatic rings. The minimum atomic E-state index is -2.96. The Morgan fingerprint density at radius 3 is 2.71 bits per heavy atom. The first-order chi connectivity index (χ1) is 11.5. The predicted molar refractivity (Wildman–Crippen MR) is 90.4 cm³/mol. The maximum Gasteiger partial charge on any atom is 0.238 e. The van der Waals surface area contributed by atoms with Crippen LogP contribution in [0, 0.1) is 0 Å². The molecule has 2 aliphatic rings. The molecule has 132 valence electrons. The van der Waals surface area contributed by atoms with Gasteiger partial charge in [0, 0.05) is 17.8 Å². The maximum absolute atomic E-state index is 12.3. The number of rotatable bonds is 5. The van der Waals surface area contributed by atoms with Gasteiger partial charge in [0.2, 0.25) is 5.91 Å². The Bertz CT molecular complexity index is 719. The van der Waals surface area contributed by atoms with Gasteiger partial charge in [-0.2, -0.15) is 0 Å². The van der Waals surface area contributed by atoms with E-state index < -0.39 is 9.84 Å². The number of nitrogens with zero attached hydrogens (tertiary/aromatic N) is 1. The van der Waals surface area contributed by atoms with Gasteiger partial charge >= 0.3 is 0 Å². The molecule has 1 N–H and O–H groups in total. The molecule has 24 heavy (non-hydrogen) atoms. The van der Waals surface area contributed by atoms with Crippen LogP contribution >= 0.6 is 0 Å². The fourth-order valence-electron chi connectivity index (χ4n) is 3.07. The second-order valence-corrected chi connectivity index (χ2v) is 8.26. The zero-order valence-corrected chi connectivity index (χ0v) is 14.5. The molecule has 0 aliphatic carbocycles. The van der Waals surface area contributed by atoms with E-state index in [1.54, 1.807) is 18.2 Å². The molecule has 1 saturated heterocycles. The molecule has 0 bridgehead atoms. The van der Waals surface area contributed by atoms with Crippen LogP contribution in [-0.4, -0.2) is 63.1 Å². The van der Waals surface area contributed by atoms with Crippen LogP contribution in [0.15, 0.2) is 18.2 Å². The van der Waals surface area contributed by atoms with Crippen molar-refractivity contribution < 1.29 is 22.7 Å². The lowest BCUT2D eigenvalue weighted by Gasteiger charge is -2.26. The van der Waals surface area contributed by atoms with Gasteiger partial charge in [-0.1, -0.05) is 6.92 Å². The molecule has 8 heteroatoms. The van der Waals surface area contributed by atoms with Crippen LogP contribution in [0.25, 0.3) is 0 Å². The van der Waals surface area contributed by atoms with E-state index in [1.165, 1.54) is 0 Å². The van der Waals surface area contributed by atoms with Crippen LogP contribution in [0.3, 0.4) is 0 Å². The first-order valence-electron chi connectivity index (χ1n) is 8.11. The van der Waals surface area contributed by atoms with Crippen molar-refractivity contribution in [2.75, 3.05) is 43.1 Å². The number of sulfone groups is 1. The quantitative estimate of drug-likeness (QED) is 0.846. The SMILES string of the molecule is CCN(CC(=O)Nc1ccc2c(c1)OCCO2)C1CCS(=O)(=O)C1. The molecule has 7 nitrogen and oxygen atoms in total. The Morgan fingerprint density at radius 2 is 2.04 bits per heavy atom. The third kappa shape index (κ3) is 3.99. The monoisotopic (exact) mass is 354 g/mol. The van der Waals surface area contributed by atoms with Crippen LogP contribution in [-0.2, 0) is 14.6 Å². The van der Waals surface area contributed by atoms with Crippen LogP contribution in [0.5, 0.6) is 11.5 Å². The number of carbonyl (C=O) groups excluding carboxylic acids is 1. The first kappa shape index (κ1) is 17.0. The van der Waals surface area contributed by atoms with Crippen molar-refractivity contribution in [2.24, 2.45) is 0 Å². The van der Waals surface area contributed by atoms with Crippen LogP contribution in [0.2, 0.25) is 0 Å². The number of likely N-dealkylation sites (N-methyl/N-ethyl adjacent to an activating group) is 1. The van der Waals surface area contributed by atoms with E-state index in [9.17, 15) is 13.2 Å². The van der Waals surface area contributed by atoms with Crippen molar-refractivity contribution in [3.05, 3.63) is 18.2 Å². The highest BCUT2D eigenvalue weighted by Gasteiger charge is 2.32. The van der Waals surface area contributed by atoms with Gasteiger partial charge in [0.15, 0.2) is 21.3 Å². The fourth-order valence-corrected chi connectivity index (χ4v) is 4.83. The van der Waals surface area contributed by atoms with Gasteiger partial charge in [0.25, 0.3) is 0 Å². The lowest BCUT2D eigenvalue weighted by molar-refractivity contribution is -0.117. The summed E-state index contributed by atoms with van der Waals surface area (Å²) in [7, 11) is -2.96. The molecule has 0 saturated carbocycles. The predicted octanol–water partition coefficient (Wildman–Crippen LogP) is 0.905. The molecule has 0 radical (unpaired) electrons. The summed E-state index contributed by atoms with van der Waals surface area (Å²) in [6, 6.07) is 5.20. The van der Waals surface area contributed by atoms with Gasteiger partial charge < -0.3 is 14.8 Å². The van der Waals surface area contributed by atoms with Crippen LogP contribution in [0.1, 0.15) is 13.3 Å². The topological polar surface area (TPSA) is 84.9 Å². The van der Waals surface area contributed by atoms with E-state index >= 15 is 0 Å². The summed E-state index contributed by atoms with van der Waals surface area (Å²) in [4.78, 5) is 14.2. The first-order valence-corrected chi connectivity index (χ1v) is 9.93. The third-order valence-electron chi connectivity index (χ3n) is 4.30. The molecule has 1 fully saturated rings. The van der Waals surface area contributed by atoms with Crippen molar-refractivity contribution in [3.8, 4) is 11.5 Å². The normalized spacial score (nSPS) is 21.7. The van der Waals surface area contributed by atoms with E-state index in [4.69, 9.17) is 9.47 Å². The zero-order valence-electron chi connectivity index (χ0n) is 13.7. The third-order valence-corrected chi connectivity index (χ3v) is 6.05. The molecule has 1 amide bonds. The maximum atomic E-state index is 12.3. The van der Waals surface area contributed by atoms with Gasteiger partial charge in [-0.3, -0.25) is 9.69 Å². The highest BCUT2D eigenvalue weighted by molar-refractivity contribution is 7.91. The van der Waals surface area contributed by atoms with Crippen molar-refractivity contribution >= 4 is 21.4 Å². The number of fused-ring (bicyclic) bond motifs is 1. The molecule has 1 aromatic carbocycles. The molecule has 2 heterocycles. The highest BCUT2D eigenvalue weighted by Crippen LogP contribution is 2.32. The number of nitrogens with one attached hydrogen (secondary N) is 1. The number of amides is 1. The molecule has 0 aromatic heterocycles. The van der Waals surface area contributed by atoms with E-state index in [0.29, 0.717) is 43.4 Å². The lowest BCUT2D eigenvalue weighted by atomic mass is 10.2. The van der Waals surface area contributed by atoms with Crippen molar-refractivity contribution in [1.29, 1.82) is 0 Å². The number of benzene rings is 1. The average Bonchev–Trinajstić information content (AvgIpc) is 2.92. The Morgan fingerprint density at radius 1 is 1.29 bits per heavy atom.